The second-order valence-corrected chi connectivity index (χ2v) is 4.51. The fraction of sp³-hybridized carbons (Fsp3) is 0.267. The predicted molar refractivity (Wildman–Crippen MR) is 70.0 cm³/mol. The first-order valence-electron chi connectivity index (χ1n) is 6.17. The maximum Gasteiger partial charge on any atom is 0.179 e. The molecule has 0 amide bonds. The van der Waals surface area contributed by atoms with Gasteiger partial charge < -0.3 is 9.30 Å². The lowest BCUT2D eigenvalue weighted by molar-refractivity contribution is 0.0955. The summed E-state index contributed by atoms with van der Waals surface area (Å²) < 4.78 is 7.27. The molecule has 1 aliphatic heterocycles. The molecule has 1 aromatic carbocycles. The van der Waals surface area contributed by atoms with Crippen molar-refractivity contribution in [1.82, 2.24) is 4.57 Å². The maximum absolute atomic E-state index is 11.8. The minimum Gasteiger partial charge on any atom is -0.497 e. The lowest BCUT2D eigenvalue weighted by Crippen LogP contribution is -2.16. The molecule has 0 saturated carbocycles. The molecular weight excluding hydrogens is 226 g/mol. The number of benzene rings is 1. The van der Waals surface area contributed by atoms with Gasteiger partial charge in [-0.15, -0.1) is 0 Å². The minimum atomic E-state index is 0.251. The zero-order chi connectivity index (χ0) is 12.5. The van der Waals surface area contributed by atoms with Crippen molar-refractivity contribution < 1.29 is 9.53 Å². The monoisotopic (exact) mass is 241 g/mol. The first kappa shape index (κ1) is 11.1. The van der Waals surface area contributed by atoms with E-state index in [1.807, 2.05) is 36.4 Å². The van der Waals surface area contributed by atoms with Gasteiger partial charge in [0.1, 0.15) is 5.75 Å². The van der Waals surface area contributed by atoms with Crippen LogP contribution in [-0.2, 0) is 6.54 Å². The Labute approximate surface area is 106 Å². The van der Waals surface area contributed by atoms with Gasteiger partial charge in [0.2, 0.25) is 0 Å². The molecule has 0 unspecified atom stereocenters. The quantitative estimate of drug-likeness (QED) is 0.808. The second-order valence-electron chi connectivity index (χ2n) is 4.51. The number of rotatable bonds is 2. The average Bonchev–Trinajstić information content (AvgIpc) is 2.84. The number of aromatic nitrogens is 1. The number of carbonyl (C=O) groups is 1. The molecular formula is C15H15NO2. The molecule has 0 atom stereocenters. The Hall–Kier alpha value is -2.03. The molecule has 0 N–H and O–H groups in total. The van der Waals surface area contributed by atoms with Crippen LogP contribution in [0.5, 0.6) is 5.75 Å². The van der Waals surface area contributed by atoms with Crippen molar-refractivity contribution in [2.45, 2.75) is 19.4 Å². The van der Waals surface area contributed by atoms with Gasteiger partial charge in [0.15, 0.2) is 5.78 Å². The Morgan fingerprint density at radius 1 is 1.06 bits per heavy atom. The number of methoxy groups -OCH3 is 1. The summed E-state index contributed by atoms with van der Waals surface area (Å²) in [4.78, 5) is 11.8. The molecule has 0 bridgehead atoms. The van der Waals surface area contributed by atoms with Crippen molar-refractivity contribution >= 4 is 5.78 Å². The lowest BCUT2D eigenvalue weighted by atomic mass is 10.1. The zero-order valence-corrected chi connectivity index (χ0v) is 10.3. The van der Waals surface area contributed by atoms with E-state index in [9.17, 15) is 4.79 Å². The zero-order valence-electron chi connectivity index (χ0n) is 10.3. The molecule has 18 heavy (non-hydrogen) atoms. The van der Waals surface area contributed by atoms with Crippen LogP contribution in [-0.4, -0.2) is 17.5 Å². The molecule has 2 heterocycles. The van der Waals surface area contributed by atoms with Crippen LogP contribution in [0.4, 0.5) is 0 Å². The third-order valence-corrected chi connectivity index (χ3v) is 3.44. The van der Waals surface area contributed by atoms with E-state index in [0.29, 0.717) is 6.42 Å². The number of carbonyl (C=O) groups excluding carboxylic acids is 1. The first-order chi connectivity index (χ1) is 8.79. The third-order valence-electron chi connectivity index (χ3n) is 3.44. The van der Waals surface area contributed by atoms with Gasteiger partial charge in [-0.3, -0.25) is 4.79 Å². The van der Waals surface area contributed by atoms with Gasteiger partial charge in [-0.1, -0.05) is 0 Å². The molecule has 0 saturated heterocycles. The third kappa shape index (κ3) is 1.72. The molecule has 3 heteroatoms. The van der Waals surface area contributed by atoms with Gasteiger partial charge in [0.25, 0.3) is 0 Å². The van der Waals surface area contributed by atoms with Crippen molar-refractivity contribution in [3.63, 3.8) is 0 Å². The SMILES string of the molecule is COc1ccc(-c2ccc3n2CCCC3=O)cc1. The second kappa shape index (κ2) is 4.33. The molecule has 0 fully saturated rings. The fourth-order valence-electron chi connectivity index (χ4n) is 2.49. The first-order valence-corrected chi connectivity index (χ1v) is 6.17. The topological polar surface area (TPSA) is 31.2 Å². The highest BCUT2D eigenvalue weighted by molar-refractivity contribution is 5.96. The molecule has 92 valence electrons. The molecule has 3 nitrogen and oxygen atoms in total. The Morgan fingerprint density at radius 3 is 2.50 bits per heavy atom. The predicted octanol–water partition coefficient (Wildman–Crippen LogP) is 3.14. The average molecular weight is 241 g/mol. The number of fused-ring (bicyclic) bond motifs is 1. The number of ether oxygens (including phenoxy) is 1. The van der Waals surface area contributed by atoms with E-state index < -0.39 is 0 Å². The summed E-state index contributed by atoms with van der Waals surface area (Å²) in [6, 6.07) is 11.9. The fourth-order valence-corrected chi connectivity index (χ4v) is 2.49. The highest BCUT2D eigenvalue weighted by Crippen LogP contribution is 2.28. The molecule has 0 spiro atoms. The Bertz CT molecular complexity index is 581. The van der Waals surface area contributed by atoms with Crippen molar-refractivity contribution in [3.8, 4) is 17.0 Å². The van der Waals surface area contributed by atoms with Gasteiger partial charge in [-0.2, -0.15) is 0 Å². The van der Waals surface area contributed by atoms with Crippen LogP contribution in [0, 0.1) is 0 Å². The summed E-state index contributed by atoms with van der Waals surface area (Å²) in [5, 5.41) is 0. The van der Waals surface area contributed by atoms with Gasteiger partial charge in [0, 0.05) is 18.7 Å². The molecule has 0 aliphatic carbocycles. The number of nitrogens with zero attached hydrogens (tertiary/aromatic N) is 1. The number of hydrogen-bond donors (Lipinski definition) is 0. The van der Waals surface area contributed by atoms with E-state index in [1.165, 1.54) is 0 Å². The summed E-state index contributed by atoms with van der Waals surface area (Å²) in [7, 11) is 1.66. The Balaban J connectivity index is 2.04. The van der Waals surface area contributed by atoms with Crippen LogP contribution in [0.1, 0.15) is 23.3 Å². The molecule has 1 aliphatic rings. The number of Topliss-reactive ketones (excluding diaryl/α,β-unsaturated/α-hetero) is 1. The van der Waals surface area contributed by atoms with E-state index in [0.717, 1.165) is 35.7 Å². The van der Waals surface area contributed by atoms with Crippen molar-refractivity contribution in [2.24, 2.45) is 0 Å². The van der Waals surface area contributed by atoms with E-state index >= 15 is 0 Å². The van der Waals surface area contributed by atoms with E-state index in [4.69, 9.17) is 4.74 Å². The van der Waals surface area contributed by atoms with Crippen molar-refractivity contribution in [1.29, 1.82) is 0 Å². The van der Waals surface area contributed by atoms with Gasteiger partial charge in [-0.05, 0) is 48.4 Å². The molecule has 3 rings (SSSR count). The molecule has 1 aromatic heterocycles. The van der Waals surface area contributed by atoms with E-state index in [-0.39, 0.29) is 5.78 Å². The summed E-state index contributed by atoms with van der Waals surface area (Å²) in [6.07, 6.45) is 1.61. The minimum absolute atomic E-state index is 0.251. The van der Waals surface area contributed by atoms with E-state index in [2.05, 4.69) is 4.57 Å². The van der Waals surface area contributed by atoms with Gasteiger partial charge >= 0.3 is 0 Å². The number of hydrogen-bond acceptors (Lipinski definition) is 2. The number of ketones is 1. The Kier molecular flexibility index (Phi) is 2.67. The smallest absolute Gasteiger partial charge is 0.179 e. The summed E-state index contributed by atoms with van der Waals surface area (Å²) in [5.41, 5.74) is 3.07. The van der Waals surface area contributed by atoms with Crippen LogP contribution >= 0.6 is 0 Å². The highest BCUT2D eigenvalue weighted by Gasteiger charge is 2.19. The van der Waals surface area contributed by atoms with Crippen LogP contribution in [0.15, 0.2) is 36.4 Å². The highest BCUT2D eigenvalue weighted by atomic mass is 16.5. The van der Waals surface area contributed by atoms with Crippen molar-refractivity contribution in [2.75, 3.05) is 7.11 Å². The lowest BCUT2D eigenvalue weighted by Gasteiger charge is -2.17. The van der Waals surface area contributed by atoms with Gasteiger partial charge in [-0.25, -0.2) is 0 Å². The molecule has 2 aromatic rings. The normalized spacial score (nSPS) is 14.4. The molecule has 0 radical (unpaired) electrons. The van der Waals surface area contributed by atoms with Crippen LogP contribution < -0.4 is 4.74 Å². The largest absolute Gasteiger partial charge is 0.497 e. The standard InChI is InChI=1S/C15H15NO2/c1-18-12-6-4-11(5-7-12)13-8-9-14-15(17)3-2-10-16(13)14/h4-9H,2-3,10H2,1H3. The van der Waals surface area contributed by atoms with Crippen LogP contribution in [0.2, 0.25) is 0 Å². The summed E-state index contributed by atoms with van der Waals surface area (Å²) in [5.74, 6) is 1.10. The van der Waals surface area contributed by atoms with Crippen LogP contribution in [0.3, 0.4) is 0 Å². The summed E-state index contributed by atoms with van der Waals surface area (Å²) in [6.45, 7) is 0.926. The summed E-state index contributed by atoms with van der Waals surface area (Å²) >= 11 is 0. The van der Waals surface area contributed by atoms with E-state index in [1.54, 1.807) is 7.11 Å². The van der Waals surface area contributed by atoms with Gasteiger partial charge in [0.05, 0.1) is 12.8 Å². The Morgan fingerprint density at radius 2 is 1.78 bits per heavy atom. The maximum atomic E-state index is 11.8. The van der Waals surface area contributed by atoms with Crippen molar-refractivity contribution in [3.05, 3.63) is 42.1 Å². The van der Waals surface area contributed by atoms with Crippen LogP contribution in [0.25, 0.3) is 11.3 Å².